The molecule has 0 unspecified atom stereocenters. The van der Waals surface area contributed by atoms with E-state index in [0.717, 1.165) is 29.8 Å². The van der Waals surface area contributed by atoms with E-state index < -0.39 is 21.7 Å². The SMILES string of the molecule is CCN1CCc2c(sc(NC(=O)c3ccccc3S(C)(=O)=O)c2C(N)=O)C1.Cl. The van der Waals surface area contributed by atoms with Gasteiger partial charge in [0.05, 0.1) is 16.0 Å². The number of nitrogens with zero attached hydrogens (tertiary/aromatic N) is 1. The number of fused-ring (bicyclic) bond motifs is 1. The van der Waals surface area contributed by atoms with Gasteiger partial charge in [0.1, 0.15) is 5.00 Å². The summed E-state index contributed by atoms with van der Waals surface area (Å²) in [7, 11) is -3.57. The lowest BCUT2D eigenvalue weighted by Gasteiger charge is -2.25. The quantitative estimate of drug-likeness (QED) is 0.736. The Morgan fingerprint density at radius 1 is 1.29 bits per heavy atom. The maximum absolute atomic E-state index is 12.8. The average molecular weight is 444 g/mol. The number of hydrogen-bond donors (Lipinski definition) is 2. The first-order valence-electron chi connectivity index (χ1n) is 8.49. The van der Waals surface area contributed by atoms with E-state index in [1.807, 2.05) is 0 Å². The molecule has 1 aromatic heterocycles. The van der Waals surface area contributed by atoms with Gasteiger partial charge in [0, 0.05) is 24.2 Å². The van der Waals surface area contributed by atoms with Crippen LogP contribution in [0.5, 0.6) is 0 Å². The van der Waals surface area contributed by atoms with Crippen LogP contribution in [0.15, 0.2) is 29.2 Å². The van der Waals surface area contributed by atoms with Crippen molar-refractivity contribution in [2.24, 2.45) is 5.73 Å². The number of amides is 2. The monoisotopic (exact) mass is 443 g/mol. The lowest BCUT2D eigenvalue weighted by Crippen LogP contribution is -2.30. The van der Waals surface area contributed by atoms with Crippen molar-refractivity contribution in [2.45, 2.75) is 24.8 Å². The van der Waals surface area contributed by atoms with Crippen molar-refractivity contribution in [1.29, 1.82) is 0 Å². The number of halogens is 1. The molecule has 7 nitrogen and oxygen atoms in total. The first-order chi connectivity index (χ1) is 12.7. The van der Waals surface area contributed by atoms with Gasteiger partial charge in [-0.3, -0.25) is 14.5 Å². The van der Waals surface area contributed by atoms with Crippen molar-refractivity contribution >= 4 is 50.4 Å². The van der Waals surface area contributed by atoms with Gasteiger partial charge in [0.25, 0.3) is 11.8 Å². The Morgan fingerprint density at radius 2 is 1.96 bits per heavy atom. The zero-order chi connectivity index (χ0) is 19.8. The van der Waals surface area contributed by atoms with Gasteiger partial charge in [-0.25, -0.2) is 8.42 Å². The molecule has 28 heavy (non-hydrogen) atoms. The minimum Gasteiger partial charge on any atom is -0.365 e. The normalized spacial score (nSPS) is 14.1. The summed E-state index contributed by atoms with van der Waals surface area (Å²) in [5.41, 5.74) is 6.82. The van der Waals surface area contributed by atoms with E-state index in [4.69, 9.17) is 5.73 Å². The summed E-state index contributed by atoms with van der Waals surface area (Å²) in [5.74, 6) is -1.17. The van der Waals surface area contributed by atoms with E-state index in [-0.39, 0.29) is 22.9 Å². The Labute approximate surface area is 174 Å². The molecule has 0 bridgehead atoms. The molecule has 2 heterocycles. The summed E-state index contributed by atoms with van der Waals surface area (Å²) in [6.07, 6.45) is 1.74. The van der Waals surface area contributed by atoms with E-state index in [1.165, 1.54) is 23.5 Å². The van der Waals surface area contributed by atoms with Crippen molar-refractivity contribution in [2.75, 3.05) is 24.7 Å². The lowest BCUT2D eigenvalue weighted by molar-refractivity contribution is 0.1000. The molecular formula is C18H22ClN3O4S2. The summed E-state index contributed by atoms with van der Waals surface area (Å²) < 4.78 is 23.9. The molecule has 0 saturated heterocycles. The third-order valence-corrected chi connectivity index (χ3v) is 6.87. The molecule has 2 amide bonds. The fourth-order valence-corrected chi connectivity index (χ4v) is 5.40. The fraction of sp³-hybridized carbons (Fsp3) is 0.333. The molecule has 152 valence electrons. The second-order valence-corrected chi connectivity index (χ2v) is 9.50. The maximum Gasteiger partial charge on any atom is 0.257 e. The third-order valence-electron chi connectivity index (χ3n) is 4.59. The second kappa shape index (κ2) is 8.60. The number of hydrogen-bond acceptors (Lipinski definition) is 6. The number of likely N-dealkylation sites (N-methyl/N-ethyl adjacent to an activating group) is 1. The molecule has 1 aromatic carbocycles. The highest BCUT2D eigenvalue weighted by Gasteiger charge is 2.28. The summed E-state index contributed by atoms with van der Waals surface area (Å²) >= 11 is 1.32. The summed E-state index contributed by atoms with van der Waals surface area (Å²) in [6, 6.07) is 5.99. The van der Waals surface area contributed by atoms with Crippen molar-refractivity contribution in [1.82, 2.24) is 4.90 Å². The van der Waals surface area contributed by atoms with Gasteiger partial charge in [-0.15, -0.1) is 23.7 Å². The lowest BCUT2D eigenvalue weighted by atomic mass is 10.0. The van der Waals surface area contributed by atoms with Crippen LogP contribution < -0.4 is 11.1 Å². The zero-order valence-corrected chi connectivity index (χ0v) is 18.0. The standard InChI is InChI=1S/C18H21N3O4S2.ClH/c1-3-21-9-8-11-13(10-21)26-18(15(11)16(19)22)20-17(23)12-6-4-5-7-14(12)27(2,24)25;/h4-7H,3,8-10H2,1-2H3,(H2,19,22)(H,20,23);1H. The van der Waals surface area contributed by atoms with Crippen LogP contribution in [0.3, 0.4) is 0 Å². The minimum atomic E-state index is -3.57. The van der Waals surface area contributed by atoms with E-state index in [0.29, 0.717) is 23.5 Å². The number of benzene rings is 1. The summed E-state index contributed by atoms with van der Waals surface area (Å²) in [4.78, 5) is 28.0. The molecule has 1 aliphatic rings. The molecule has 10 heteroatoms. The Kier molecular flexibility index (Phi) is 6.87. The first kappa shape index (κ1) is 22.4. The maximum atomic E-state index is 12.8. The molecule has 1 aliphatic heterocycles. The van der Waals surface area contributed by atoms with Gasteiger partial charge >= 0.3 is 0 Å². The van der Waals surface area contributed by atoms with Gasteiger partial charge in [-0.05, 0) is 30.7 Å². The van der Waals surface area contributed by atoms with Crippen LogP contribution >= 0.6 is 23.7 Å². The number of carbonyl (C=O) groups excluding carboxylic acids is 2. The molecule has 2 aromatic rings. The summed E-state index contributed by atoms with van der Waals surface area (Å²) in [6.45, 7) is 4.49. The smallest absolute Gasteiger partial charge is 0.257 e. The van der Waals surface area contributed by atoms with Gasteiger partial charge in [-0.1, -0.05) is 19.1 Å². The highest BCUT2D eigenvalue weighted by Crippen LogP contribution is 2.37. The first-order valence-corrected chi connectivity index (χ1v) is 11.2. The van der Waals surface area contributed by atoms with Crippen molar-refractivity contribution in [3.63, 3.8) is 0 Å². The van der Waals surface area contributed by atoms with Crippen LogP contribution in [0.4, 0.5) is 5.00 Å². The molecule has 0 spiro atoms. The number of nitrogens with one attached hydrogen (secondary N) is 1. The molecule has 0 saturated carbocycles. The number of nitrogens with two attached hydrogens (primary N) is 1. The highest BCUT2D eigenvalue weighted by atomic mass is 35.5. The van der Waals surface area contributed by atoms with Crippen molar-refractivity contribution < 1.29 is 18.0 Å². The molecule has 0 aliphatic carbocycles. The van der Waals surface area contributed by atoms with Gasteiger partial charge in [-0.2, -0.15) is 0 Å². The molecule has 0 fully saturated rings. The topological polar surface area (TPSA) is 110 Å². The molecule has 0 atom stereocenters. The van der Waals surface area contributed by atoms with Crippen LogP contribution in [-0.2, 0) is 22.8 Å². The molecule has 3 N–H and O–H groups in total. The number of rotatable bonds is 5. The van der Waals surface area contributed by atoms with E-state index in [2.05, 4.69) is 17.1 Å². The largest absolute Gasteiger partial charge is 0.365 e. The Bertz CT molecular complexity index is 1020. The number of thiophene rings is 1. The van der Waals surface area contributed by atoms with Crippen LogP contribution in [0.2, 0.25) is 0 Å². The molecular weight excluding hydrogens is 422 g/mol. The number of sulfone groups is 1. The molecule has 3 rings (SSSR count). The van der Waals surface area contributed by atoms with E-state index in [9.17, 15) is 18.0 Å². The van der Waals surface area contributed by atoms with Gasteiger partial charge in [0.2, 0.25) is 0 Å². The Hall–Kier alpha value is -1.94. The average Bonchev–Trinajstić information content (AvgIpc) is 2.97. The minimum absolute atomic E-state index is 0. The van der Waals surface area contributed by atoms with Crippen LogP contribution in [0.1, 0.15) is 38.1 Å². The highest BCUT2D eigenvalue weighted by molar-refractivity contribution is 7.90. The Morgan fingerprint density at radius 3 is 2.57 bits per heavy atom. The third kappa shape index (κ3) is 4.38. The van der Waals surface area contributed by atoms with E-state index in [1.54, 1.807) is 12.1 Å². The fourth-order valence-electron chi connectivity index (χ4n) is 3.22. The second-order valence-electron chi connectivity index (χ2n) is 6.41. The number of anilines is 1. The predicted octanol–water partition coefficient (Wildman–Crippen LogP) is 2.30. The molecule has 0 radical (unpaired) electrons. The van der Waals surface area contributed by atoms with Crippen molar-refractivity contribution in [3.05, 3.63) is 45.8 Å². The van der Waals surface area contributed by atoms with E-state index >= 15 is 0 Å². The summed E-state index contributed by atoms with van der Waals surface area (Å²) in [5, 5.41) is 3.08. The van der Waals surface area contributed by atoms with Gasteiger partial charge in [0.15, 0.2) is 9.84 Å². The number of carbonyl (C=O) groups is 2. The number of primary amides is 1. The predicted molar refractivity (Wildman–Crippen MR) is 112 cm³/mol. The van der Waals surface area contributed by atoms with Crippen LogP contribution in [-0.4, -0.2) is 44.5 Å². The Balaban J connectivity index is 0.00000280. The van der Waals surface area contributed by atoms with Gasteiger partial charge < -0.3 is 11.1 Å². The zero-order valence-electron chi connectivity index (χ0n) is 15.5. The van der Waals surface area contributed by atoms with Crippen LogP contribution in [0.25, 0.3) is 0 Å². The van der Waals surface area contributed by atoms with Crippen LogP contribution in [0, 0.1) is 0 Å². The van der Waals surface area contributed by atoms with Crippen molar-refractivity contribution in [3.8, 4) is 0 Å².